The standard InChI is InChI=1S/C19H24N2O2/c22-19(21-11-13-3-2-6-20-10-13)9-16-12-23-18-8-15-5-1-4-14(15)7-17(16)18/h7-8,12-13,20H,1-6,9-11H2,(H,21,22). The van der Waals surface area contributed by atoms with Crippen molar-refractivity contribution >= 4 is 16.9 Å². The molecule has 2 aliphatic rings. The molecule has 2 aromatic rings. The number of hydrogen-bond donors (Lipinski definition) is 2. The predicted molar refractivity (Wildman–Crippen MR) is 90.5 cm³/mol. The molecule has 1 aliphatic carbocycles. The van der Waals surface area contributed by atoms with Crippen molar-refractivity contribution in [2.45, 2.75) is 38.5 Å². The third-order valence-electron chi connectivity index (χ3n) is 5.21. The van der Waals surface area contributed by atoms with Crippen LogP contribution in [0.15, 0.2) is 22.8 Å². The second kappa shape index (κ2) is 6.36. The summed E-state index contributed by atoms with van der Waals surface area (Å²) in [4.78, 5) is 12.3. The highest BCUT2D eigenvalue weighted by atomic mass is 16.3. The summed E-state index contributed by atoms with van der Waals surface area (Å²) in [5, 5.41) is 7.58. The Labute approximate surface area is 136 Å². The number of aryl methyl sites for hydroxylation is 2. The molecule has 1 amide bonds. The zero-order valence-corrected chi connectivity index (χ0v) is 13.5. The van der Waals surface area contributed by atoms with Gasteiger partial charge in [0, 0.05) is 17.5 Å². The zero-order chi connectivity index (χ0) is 15.6. The number of carbonyl (C=O) groups is 1. The van der Waals surface area contributed by atoms with Crippen LogP contribution in [0.3, 0.4) is 0 Å². The highest BCUT2D eigenvalue weighted by Gasteiger charge is 2.18. The van der Waals surface area contributed by atoms with E-state index < -0.39 is 0 Å². The number of furan rings is 1. The lowest BCUT2D eigenvalue weighted by Crippen LogP contribution is -2.38. The highest BCUT2D eigenvalue weighted by Crippen LogP contribution is 2.30. The molecule has 23 heavy (non-hydrogen) atoms. The van der Waals surface area contributed by atoms with Crippen molar-refractivity contribution in [1.82, 2.24) is 10.6 Å². The minimum absolute atomic E-state index is 0.0961. The van der Waals surface area contributed by atoms with E-state index in [9.17, 15) is 4.79 Å². The van der Waals surface area contributed by atoms with Crippen molar-refractivity contribution in [1.29, 1.82) is 0 Å². The molecule has 0 bridgehead atoms. The maximum atomic E-state index is 12.3. The fourth-order valence-electron chi connectivity index (χ4n) is 3.88. The summed E-state index contributed by atoms with van der Waals surface area (Å²) in [6.45, 7) is 2.90. The molecule has 1 saturated heterocycles. The number of nitrogens with one attached hydrogen (secondary N) is 2. The van der Waals surface area contributed by atoms with E-state index in [4.69, 9.17) is 4.42 Å². The molecule has 4 rings (SSSR count). The molecule has 2 N–H and O–H groups in total. The number of rotatable bonds is 4. The van der Waals surface area contributed by atoms with Gasteiger partial charge in [-0.05, 0) is 74.4 Å². The van der Waals surface area contributed by atoms with Crippen LogP contribution < -0.4 is 10.6 Å². The highest BCUT2D eigenvalue weighted by molar-refractivity contribution is 5.88. The number of piperidine rings is 1. The second-order valence-corrected chi connectivity index (χ2v) is 6.92. The largest absolute Gasteiger partial charge is 0.464 e. The van der Waals surface area contributed by atoms with Crippen LogP contribution in [0.2, 0.25) is 0 Å². The van der Waals surface area contributed by atoms with E-state index in [2.05, 4.69) is 22.8 Å². The van der Waals surface area contributed by atoms with Gasteiger partial charge in [-0.3, -0.25) is 4.79 Å². The van der Waals surface area contributed by atoms with Gasteiger partial charge in [-0.1, -0.05) is 0 Å². The second-order valence-electron chi connectivity index (χ2n) is 6.92. The summed E-state index contributed by atoms with van der Waals surface area (Å²) in [7, 11) is 0. The van der Waals surface area contributed by atoms with Crippen molar-refractivity contribution < 1.29 is 9.21 Å². The minimum atomic E-state index is 0.0961. The van der Waals surface area contributed by atoms with E-state index in [1.54, 1.807) is 6.26 Å². The number of hydrogen-bond acceptors (Lipinski definition) is 3. The SMILES string of the molecule is O=C(Cc1coc2cc3c(cc12)CCC3)NCC1CCCNC1. The van der Waals surface area contributed by atoms with Crippen LogP contribution in [0, 0.1) is 5.92 Å². The van der Waals surface area contributed by atoms with Crippen LogP contribution in [0.1, 0.15) is 36.0 Å². The quantitative estimate of drug-likeness (QED) is 0.912. The monoisotopic (exact) mass is 312 g/mol. The summed E-state index contributed by atoms with van der Waals surface area (Å²) in [6, 6.07) is 4.39. The zero-order valence-electron chi connectivity index (χ0n) is 13.5. The summed E-state index contributed by atoms with van der Waals surface area (Å²) >= 11 is 0. The Balaban J connectivity index is 1.42. The topological polar surface area (TPSA) is 54.3 Å². The van der Waals surface area contributed by atoms with Gasteiger partial charge in [-0.25, -0.2) is 0 Å². The average Bonchev–Trinajstić information content (AvgIpc) is 3.19. The number of benzene rings is 1. The van der Waals surface area contributed by atoms with Crippen LogP contribution in [-0.2, 0) is 24.1 Å². The van der Waals surface area contributed by atoms with Crippen molar-refractivity contribution in [3.05, 3.63) is 35.1 Å². The summed E-state index contributed by atoms with van der Waals surface area (Å²) in [5.41, 5.74) is 4.76. The Hall–Kier alpha value is -1.81. The summed E-state index contributed by atoms with van der Waals surface area (Å²) < 4.78 is 5.68. The molecular weight excluding hydrogens is 288 g/mol. The lowest BCUT2D eigenvalue weighted by atomic mass is 9.99. The maximum Gasteiger partial charge on any atom is 0.224 e. The van der Waals surface area contributed by atoms with Crippen LogP contribution in [0.25, 0.3) is 11.0 Å². The van der Waals surface area contributed by atoms with E-state index in [0.717, 1.165) is 49.0 Å². The van der Waals surface area contributed by atoms with Crippen molar-refractivity contribution in [3.63, 3.8) is 0 Å². The van der Waals surface area contributed by atoms with Crippen molar-refractivity contribution in [2.75, 3.05) is 19.6 Å². The first-order chi connectivity index (χ1) is 11.3. The summed E-state index contributed by atoms with van der Waals surface area (Å²) in [5.74, 6) is 0.663. The van der Waals surface area contributed by atoms with Crippen LogP contribution >= 0.6 is 0 Å². The molecule has 0 saturated carbocycles. The normalized spacial score (nSPS) is 20.6. The molecule has 1 aromatic carbocycles. The third-order valence-corrected chi connectivity index (χ3v) is 5.21. The van der Waals surface area contributed by atoms with E-state index in [0.29, 0.717) is 12.3 Å². The fourth-order valence-corrected chi connectivity index (χ4v) is 3.88. The Kier molecular flexibility index (Phi) is 4.08. The molecule has 1 fully saturated rings. The number of amides is 1. The molecule has 4 nitrogen and oxygen atoms in total. The fraction of sp³-hybridized carbons (Fsp3) is 0.526. The van der Waals surface area contributed by atoms with Gasteiger partial charge in [0.25, 0.3) is 0 Å². The first-order valence-electron chi connectivity index (χ1n) is 8.79. The molecule has 122 valence electrons. The lowest BCUT2D eigenvalue weighted by molar-refractivity contribution is -0.120. The van der Waals surface area contributed by atoms with Crippen LogP contribution in [-0.4, -0.2) is 25.5 Å². The smallest absolute Gasteiger partial charge is 0.224 e. The van der Waals surface area contributed by atoms with Gasteiger partial charge in [0.05, 0.1) is 12.7 Å². The average molecular weight is 312 g/mol. The van der Waals surface area contributed by atoms with Gasteiger partial charge in [0.2, 0.25) is 5.91 Å². The van der Waals surface area contributed by atoms with Gasteiger partial charge in [-0.15, -0.1) is 0 Å². The van der Waals surface area contributed by atoms with E-state index in [1.807, 2.05) is 0 Å². The van der Waals surface area contributed by atoms with Crippen molar-refractivity contribution in [3.8, 4) is 0 Å². The van der Waals surface area contributed by atoms with E-state index in [-0.39, 0.29) is 5.91 Å². The Morgan fingerprint density at radius 1 is 1.26 bits per heavy atom. The van der Waals surface area contributed by atoms with Gasteiger partial charge in [0.1, 0.15) is 5.58 Å². The molecule has 1 atom stereocenters. The van der Waals surface area contributed by atoms with E-state index >= 15 is 0 Å². The van der Waals surface area contributed by atoms with Gasteiger partial charge >= 0.3 is 0 Å². The lowest BCUT2D eigenvalue weighted by Gasteiger charge is -2.22. The predicted octanol–water partition coefficient (Wildman–Crippen LogP) is 2.58. The molecule has 4 heteroatoms. The molecule has 0 radical (unpaired) electrons. The molecule has 2 heterocycles. The van der Waals surface area contributed by atoms with Gasteiger partial charge < -0.3 is 15.1 Å². The molecular formula is C19H24N2O2. The minimum Gasteiger partial charge on any atom is -0.464 e. The van der Waals surface area contributed by atoms with Gasteiger partial charge in [-0.2, -0.15) is 0 Å². The van der Waals surface area contributed by atoms with Gasteiger partial charge in [0.15, 0.2) is 0 Å². The first kappa shape index (κ1) is 14.8. The number of fused-ring (bicyclic) bond motifs is 2. The first-order valence-corrected chi connectivity index (χ1v) is 8.79. The maximum absolute atomic E-state index is 12.3. The molecule has 1 aromatic heterocycles. The molecule has 1 unspecified atom stereocenters. The Morgan fingerprint density at radius 2 is 2.13 bits per heavy atom. The van der Waals surface area contributed by atoms with Crippen LogP contribution in [0.5, 0.6) is 0 Å². The summed E-state index contributed by atoms with van der Waals surface area (Å²) in [6.07, 6.45) is 8.10. The van der Waals surface area contributed by atoms with E-state index in [1.165, 1.54) is 30.4 Å². The Bertz CT molecular complexity index is 713. The van der Waals surface area contributed by atoms with Crippen molar-refractivity contribution in [2.24, 2.45) is 5.92 Å². The van der Waals surface area contributed by atoms with Crippen LogP contribution in [0.4, 0.5) is 0 Å². The Morgan fingerprint density at radius 3 is 2.96 bits per heavy atom. The molecule has 1 aliphatic heterocycles. The molecule has 0 spiro atoms. The number of carbonyl (C=O) groups excluding carboxylic acids is 1. The third kappa shape index (κ3) is 3.13.